The van der Waals surface area contributed by atoms with E-state index >= 15 is 0 Å². The van der Waals surface area contributed by atoms with E-state index in [1.54, 1.807) is 18.2 Å². The number of halogens is 1. The van der Waals surface area contributed by atoms with E-state index in [1.807, 2.05) is 0 Å². The molecule has 0 aliphatic rings. The number of rotatable bonds is 9. The second kappa shape index (κ2) is 9.76. The number of amides is 1. The van der Waals surface area contributed by atoms with Crippen LogP contribution in [0.2, 0.25) is 5.02 Å². The quantitative estimate of drug-likeness (QED) is 0.562. The molecule has 29 heavy (non-hydrogen) atoms. The van der Waals surface area contributed by atoms with Gasteiger partial charge in [-0.05, 0) is 31.5 Å². The van der Waals surface area contributed by atoms with Crippen molar-refractivity contribution in [2.45, 2.75) is 39.9 Å². The van der Waals surface area contributed by atoms with Crippen LogP contribution in [0, 0.1) is 0 Å². The van der Waals surface area contributed by atoms with Gasteiger partial charge in [0.2, 0.25) is 5.91 Å². The maximum Gasteiger partial charge on any atom is 0.419 e. The Balaban J connectivity index is 1.52. The maximum atomic E-state index is 12.2. The van der Waals surface area contributed by atoms with Crippen LogP contribution in [0.3, 0.4) is 0 Å². The van der Waals surface area contributed by atoms with Crippen LogP contribution in [0.1, 0.15) is 31.4 Å². The Bertz CT molecular complexity index is 1020. The number of carbonyl (C=O) groups is 1. The molecule has 1 amide bonds. The van der Waals surface area contributed by atoms with Crippen molar-refractivity contribution in [1.82, 2.24) is 9.88 Å². The SMILES string of the molecule is CC[NH+](CC)Cc1ccc(CNC(=O)CCn2c(=O)oc3cc(Cl)ccc32)cc1. The van der Waals surface area contributed by atoms with Crippen LogP contribution >= 0.6 is 11.6 Å². The van der Waals surface area contributed by atoms with Gasteiger partial charge in [-0.2, -0.15) is 0 Å². The highest BCUT2D eigenvalue weighted by Gasteiger charge is 2.11. The molecule has 0 aliphatic carbocycles. The summed E-state index contributed by atoms with van der Waals surface area (Å²) >= 11 is 5.92. The average molecular weight is 417 g/mol. The number of quaternary nitrogens is 1. The fourth-order valence-corrected chi connectivity index (χ4v) is 3.48. The average Bonchev–Trinajstić information content (AvgIpc) is 3.03. The highest BCUT2D eigenvalue weighted by molar-refractivity contribution is 6.31. The normalized spacial score (nSPS) is 11.3. The minimum absolute atomic E-state index is 0.114. The first-order valence-electron chi connectivity index (χ1n) is 9.97. The lowest BCUT2D eigenvalue weighted by Gasteiger charge is -2.15. The molecular weight excluding hydrogens is 390 g/mol. The van der Waals surface area contributed by atoms with Crippen LogP contribution < -0.4 is 16.0 Å². The van der Waals surface area contributed by atoms with Gasteiger partial charge in [-0.25, -0.2) is 4.79 Å². The fraction of sp³-hybridized carbons (Fsp3) is 0.364. The molecule has 2 aromatic carbocycles. The number of hydrogen-bond acceptors (Lipinski definition) is 3. The van der Waals surface area contributed by atoms with E-state index in [0.29, 0.717) is 22.7 Å². The molecule has 0 saturated heterocycles. The Morgan fingerprint density at radius 1 is 1.10 bits per heavy atom. The number of aryl methyl sites for hydroxylation is 1. The molecule has 0 unspecified atom stereocenters. The van der Waals surface area contributed by atoms with Crippen molar-refractivity contribution in [2.24, 2.45) is 0 Å². The summed E-state index contributed by atoms with van der Waals surface area (Å²) in [5.41, 5.74) is 3.41. The smallest absolute Gasteiger partial charge is 0.408 e. The summed E-state index contributed by atoms with van der Waals surface area (Å²) in [4.78, 5) is 25.8. The molecule has 3 rings (SSSR count). The Kier molecular flexibility index (Phi) is 7.12. The molecule has 0 spiro atoms. The molecule has 3 aromatic rings. The lowest BCUT2D eigenvalue weighted by atomic mass is 10.1. The Morgan fingerprint density at radius 2 is 1.79 bits per heavy atom. The van der Waals surface area contributed by atoms with E-state index in [9.17, 15) is 9.59 Å². The van der Waals surface area contributed by atoms with Gasteiger partial charge in [-0.1, -0.05) is 35.9 Å². The summed E-state index contributed by atoms with van der Waals surface area (Å²) in [5, 5.41) is 3.41. The van der Waals surface area contributed by atoms with Crippen LogP contribution in [-0.2, 0) is 24.4 Å². The zero-order valence-corrected chi connectivity index (χ0v) is 17.6. The predicted octanol–water partition coefficient (Wildman–Crippen LogP) is 2.38. The molecular formula is C22H27ClN3O3+. The summed E-state index contributed by atoms with van der Waals surface area (Å²) in [7, 11) is 0. The Morgan fingerprint density at radius 3 is 2.48 bits per heavy atom. The van der Waals surface area contributed by atoms with Crippen molar-refractivity contribution in [2.75, 3.05) is 13.1 Å². The number of nitrogens with zero attached hydrogens (tertiary/aromatic N) is 1. The topological polar surface area (TPSA) is 68.7 Å². The summed E-state index contributed by atoms with van der Waals surface area (Å²) < 4.78 is 6.64. The molecule has 7 heteroatoms. The lowest BCUT2D eigenvalue weighted by molar-refractivity contribution is -0.910. The van der Waals surface area contributed by atoms with E-state index in [1.165, 1.54) is 15.0 Å². The van der Waals surface area contributed by atoms with Gasteiger partial charge in [0, 0.05) is 36.2 Å². The number of aromatic nitrogens is 1. The molecule has 0 aliphatic heterocycles. The van der Waals surface area contributed by atoms with E-state index in [4.69, 9.17) is 16.0 Å². The van der Waals surface area contributed by atoms with Crippen molar-refractivity contribution < 1.29 is 14.1 Å². The number of nitrogens with one attached hydrogen (secondary N) is 2. The highest BCUT2D eigenvalue weighted by atomic mass is 35.5. The molecule has 1 aromatic heterocycles. The van der Waals surface area contributed by atoms with Gasteiger partial charge < -0.3 is 14.6 Å². The van der Waals surface area contributed by atoms with E-state index in [-0.39, 0.29) is 18.9 Å². The molecule has 154 valence electrons. The van der Waals surface area contributed by atoms with E-state index in [0.717, 1.165) is 25.2 Å². The van der Waals surface area contributed by atoms with E-state index < -0.39 is 5.76 Å². The third kappa shape index (κ3) is 5.49. The van der Waals surface area contributed by atoms with Crippen molar-refractivity contribution in [3.8, 4) is 0 Å². The monoisotopic (exact) mass is 416 g/mol. The zero-order chi connectivity index (χ0) is 20.8. The maximum absolute atomic E-state index is 12.2. The molecule has 6 nitrogen and oxygen atoms in total. The molecule has 0 bridgehead atoms. The van der Waals surface area contributed by atoms with Crippen LogP contribution in [-0.4, -0.2) is 23.6 Å². The van der Waals surface area contributed by atoms with Gasteiger partial charge in [-0.15, -0.1) is 0 Å². The summed E-state index contributed by atoms with van der Waals surface area (Å²) in [5.74, 6) is -0.599. The fourth-order valence-electron chi connectivity index (χ4n) is 3.32. The highest BCUT2D eigenvalue weighted by Crippen LogP contribution is 2.18. The molecule has 1 heterocycles. The second-order valence-corrected chi connectivity index (χ2v) is 7.55. The largest absolute Gasteiger partial charge is 0.419 e. The van der Waals surface area contributed by atoms with Gasteiger partial charge in [0.25, 0.3) is 0 Å². The van der Waals surface area contributed by atoms with Crippen LogP contribution in [0.5, 0.6) is 0 Å². The van der Waals surface area contributed by atoms with Gasteiger partial charge in [0.05, 0.1) is 18.6 Å². The molecule has 2 N–H and O–H groups in total. The van der Waals surface area contributed by atoms with Gasteiger partial charge in [-0.3, -0.25) is 9.36 Å². The zero-order valence-electron chi connectivity index (χ0n) is 16.8. The summed E-state index contributed by atoms with van der Waals surface area (Å²) in [6, 6.07) is 13.4. The minimum Gasteiger partial charge on any atom is -0.408 e. The molecule has 0 radical (unpaired) electrons. The van der Waals surface area contributed by atoms with Crippen molar-refractivity contribution in [1.29, 1.82) is 0 Å². The number of hydrogen-bond donors (Lipinski definition) is 2. The number of carbonyl (C=O) groups excluding carboxylic acids is 1. The van der Waals surface area contributed by atoms with Crippen molar-refractivity contribution in [3.05, 3.63) is 69.2 Å². The predicted molar refractivity (Wildman–Crippen MR) is 114 cm³/mol. The number of oxazole rings is 1. The summed E-state index contributed by atoms with van der Waals surface area (Å²) in [6.07, 6.45) is 0.195. The van der Waals surface area contributed by atoms with Crippen LogP contribution in [0.15, 0.2) is 51.7 Å². The summed E-state index contributed by atoms with van der Waals surface area (Å²) in [6.45, 7) is 8.33. The lowest BCUT2D eigenvalue weighted by Crippen LogP contribution is -3.10. The number of benzene rings is 2. The van der Waals surface area contributed by atoms with E-state index in [2.05, 4.69) is 43.4 Å². The molecule has 0 saturated carbocycles. The Labute approximate surface area is 175 Å². The van der Waals surface area contributed by atoms with Gasteiger partial charge in [0.1, 0.15) is 6.54 Å². The third-order valence-electron chi connectivity index (χ3n) is 5.16. The first-order valence-corrected chi connectivity index (χ1v) is 10.3. The van der Waals surface area contributed by atoms with Crippen molar-refractivity contribution >= 4 is 28.6 Å². The van der Waals surface area contributed by atoms with Gasteiger partial charge >= 0.3 is 5.76 Å². The Hall–Kier alpha value is -2.57. The number of fused-ring (bicyclic) bond motifs is 1. The standard InChI is InChI=1S/C22H26ClN3O3/c1-3-25(4-2)15-17-7-5-16(6-8-17)14-24-21(27)11-12-26-19-10-9-18(23)13-20(19)29-22(26)28/h5-10,13H,3-4,11-12,14-15H2,1-2H3,(H,24,27)/p+1. The molecule has 0 atom stereocenters. The van der Waals surface area contributed by atoms with Crippen LogP contribution in [0.4, 0.5) is 0 Å². The minimum atomic E-state index is -0.485. The molecule has 0 fully saturated rings. The second-order valence-electron chi connectivity index (χ2n) is 7.11. The first-order chi connectivity index (χ1) is 14.0. The first kappa shape index (κ1) is 21.1. The van der Waals surface area contributed by atoms with Gasteiger partial charge in [0.15, 0.2) is 5.58 Å². The van der Waals surface area contributed by atoms with Crippen LogP contribution in [0.25, 0.3) is 11.1 Å². The third-order valence-corrected chi connectivity index (χ3v) is 5.39. The van der Waals surface area contributed by atoms with Crippen molar-refractivity contribution in [3.63, 3.8) is 0 Å².